The Kier molecular flexibility index (Phi) is 6.11. The van der Waals surface area contributed by atoms with E-state index < -0.39 is 0 Å². The first kappa shape index (κ1) is 17.4. The number of methoxy groups -OCH3 is 1. The lowest BCUT2D eigenvalue weighted by molar-refractivity contribution is -0.385. The molecule has 0 fully saturated rings. The Labute approximate surface area is 126 Å². The predicted molar refractivity (Wildman–Crippen MR) is 83.4 cm³/mol. The predicted octanol–water partition coefficient (Wildman–Crippen LogP) is 2.41. The van der Waals surface area contributed by atoms with Crippen molar-refractivity contribution < 1.29 is 9.66 Å². The van der Waals surface area contributed by atoms with Gasteiger partial charge in [0.1, 0.15) is 5.75 Å². The summed E-state index contributed by atoms with van der Waals surface area (Å²) in [6.45, 7) is 9.15. The molecule has 0 aliphatic heterocycles. The Morgan fingerprint density at radius 1 is 1.43 bits per heavy atom. The number of nitro groups is 1. The highest BCUT2D eigenvalue weighted by Crippen LogP contribution is 2.26. The molecule has 0 saturated heterocycles. The van der Waals surface area contributed by atoms with Crippen LogP contribution in [0.3, 0.4) is 0 Å². The summed E-state index contributed by atoms with van der Waals surface area (Å²) < 4.78 is 5.31. The zero-order valence-electron chi connectivity index (χ0n) is 13.3. The van der Waals surface area contributed by atoms with Gasteiger partial charge in [-0.3, -0.25) is 15.0 Å². The Morgan fingerprint density at radius 3 is 2.57 bits per heavy atom. The van der Waals surface area contributed by atoms with Crippen molar-refractivity contribution in [3.8, 4) is 5.75 Å². The van der Waals surface area contributed by atoms with Crippen LogP contribution in [-0.4, -0.2) is 36.6 Å². The molecule has 21 heavy (non-hydrogen) atoms. The molecule has 0 heterocycles. The van der Waals surface area contributed by atoms with Gasteiger partial charge in [0, 0.05) is 30.8 Å². The molecule has 118 valence electrons. The van der Waals surface area contributed by atoms with Crippen LogP contribution in [0.1, 0.15) is 26.3 Å². The summed E-state index contributed by atoms with van der Waals surface area (Å²) in [7, 11) is 1.57. The maximum atomic E-state index is 10.9. The number of non-ortho nitro benzene ring substituents is 1. The van der Waals surface area contributed by atoms with Crippen LogP contribution in [0.4, 0.5) is 5.69 Å². The van der Waals surface area contributed by atoms with Crippen molar-refractivity contribution in [2.24, 2.45) is 11.1 Å². The highest BCUT2D eigenvalue weighted by molar-refractivity contribution is 5.43. The third kappa shape index (κ3) is 4.99. The van der Waals surface area contributed by atoms with Gasteiger partial charge in [-0.2, -0.15) is 0 Å². The molecule has 0 unspecified atom stereocenters. The minimum Gasteiger partial charge on any atom is -0.496 e. The number of ether oxygens (including phenoxy) is 1. The van der Waals surface area contributed by atoms with Gasteiger partial charge in [-0.05, 0) is 24.6 Å². The average Bonchev–Trinajstić information content (AvgIpc) is 2.46. The number of nitro benzene ring substituents is 1. The molecule has 0 atom stereocenters. The standard InChI is InChI=1S/C15H25N3O3/c1-5-17(11-15(2,3)10-16)9-12-8-13(18(19)20)6-7-14(12)21-4/h6-8H,5,9-11,16H2,1-4H3. The van der Waals surface area contributed by atoms with Gasteiger partial charge in [0.2, 0.25) is 0 Å². The van der Waals surface area contributed by atoms with Crippen LogP contribution in [-0.2, 0) is 6.54 Å². The molecule has 0 aromatic heterocycles. The first-order valence-corrected chi connectivity index (χ1v) is 7.06. The van der Waals surface area contributed by atoms with Crippen LogP contribution >= 0.6 is 0 Å². The van der Waals surface area contributed by atoms with E-state index in [1.165, 1.54) is 6.07 Å². The van der Waals surface area contributed by atoms with Gasteiger partial charge in [-0.25, -0.2) is 0 Å². The highest BCUT2D eigenvalue weighted by Gasteiger charge is 2.21. The molecule has 1 aromatic carbocycles. The summed E-state index contributed by atoms with van der Waals surface area (Å²) in [6.07, 6.45) is 0. The lowest BCUT2D eigenvalue weighted by atomic mass is 9.93. The summed E-state index contributed by atoms with van der Waals surface area (Å²) in [5.41, 5.74) is 6.69. The van der Waals surface area contributed by atoms with E-state index in [2.05, 4.69) is 25.7 Å². The maximum absolute atomic E-state index is 10.9. The van der Waals surface area contributed by atoms with Crippen molar-refractivity contribution in [3.05, 3.63) is 33.9 Å². The van der Waals surface area contributed by atoms with Crippen LogP contribution < -0.4 is 10.5 Å². The van der Waals surface area contributed by atoms with Gasteiger partial charge in [0.05, 0.1) is 12.0 Å². The molecule has 6 nitrogen and oxygen atoms in total. The van der Waals surface area contributed by atoms with E-state index in [0.29, 0.717) is 18.8 Å². The van der Waals surface area contributed by atoms with Crippen molar-refractivity contribution in [2.75, 3.05) is 26.7 Å². The second-order valence-electron chi connectivity index (χ2n) is 5.92. The van der Waals surface area contributed by atoms with Gasteiger partial charge < -0.3 is 10.5 Å². The van der Waals surface area contributed by atoms with Crippen molar-refractivity contribution >= 4 is 5.69 Å². The summed E-state index contributed by atoms with van der Waals surface area (Å²) in [6, 6.07) is 4.69. The largest absolute Gasteiger partial charge is 0.496 e. The van der Waals surface area contributed by atoms with Crippen LogP contribution in [0.5, 0.6) is 5.75 Å². The molecule has 0 radical (unpaired) electrons. The zero-order chi connectivity index (χ0) is 16.0. The summed E-state index contributed by atoms with van der Waals surface area (Å²) in [4.78, 5) is 12.7. The second-order valence-corrected chi connectivity index (χ2v) is 5.92. The Morgan fingerprint density at radius 2 is 2.10 bits per heavy atom. The number of hydrogen-bond acceptors (Lipinski definition) is 5. The van der Waals surface area contributed by atoms with E-state index in [1.807, 2.05) is 0 Å². The normalized spacial score (nSPS) is 11.7. The quantitative estimate of drug-likeness (QED) is 0.588. The Hall–Kier alpha value is -1.66. The van der Waals surface area contributed by atoms with Gasteiger partial charge in [0.25, 0.3) is 5.69 Å². The number of nitrogens with two attached hydrogens (primary N) is 1. The SMILES string of the molecule is CCN(Cc1cc([N+](=O)[O-])ccc1OC)CC(C)(C)CN. The molecule has 0 saturated carbocycles. The van der Waals surface area contributed by atoms with E-state index >= 15 is 0 Å². The molecule has 0 spiro atoms. The fourth-order valence-corrected chi connectivity index (χ4v) is 2.19. The highest BCUT2D eigenvalue weighted by atomic mass is 16.6. The Bertz CT molecular complexity index is 489. The second kappa shape index (κ2) is 7.38. The topological polar surface area (TPSA) is 81.6 Å². The molecule has 0 amide bonds. The average molecular weight is 295 g/mol. The smallest absolute Gasteiger partial charge is 0.270 e. The van der Waals surface area contributed by atoms with Crippen molar-refractivity contribution in [1.82, 2.24) is 4.90 Å². The molecule has 0 aliphatic rings. The first-order chi connectivity index (χ1) is 9.82. The monoisotopic (exact) mass is 295 g/mol. The molecule has 0 aliphatic carbocycles. The van der Waals surface area contributed by atoms with Crippen LogP contribution in [0.25, 0.3) is 0 Å². The lowest BCUT2D eigenvalue weighted by Gasteiger charge is -2.31. The third-order valence-electron chi connectivity index (χ3n) is 3.52. The molecular formula is C15H25N3O3. The van der Waals surface area contributed by atoms with Gasteiger partial charge in [0.15, 0.2) is 0 Å². The van der Waals surface area contributed by atoms with E-state index in [4.69, 9.17) is 10.5 Å². The van der Waals surface area contributed by atoms with E-state index in [0.717, 1.165) is 18.7 Å². The van der Waals surface area contributed by atoms with Crippen LogP contribution in [0.2, 0.25) is 0 Å². The number of rotatable bonds is 8. The molecule has 1 aromatic rings. The fraction of sp³-hybridized carbons (Fsp3) is 0.600. The van der Waals surface area contributed by atoms with E-state index in [1.54, 1.807) is 19.2 Å². The fourth-order valence-electron chi connectivity index (χ4n) is 2.19. The molecule has 1 rings (SSSR count). The summed E-state index contributed by atoms with van der Waals surface area (Å²) >= 11 is 0. The lowest BCUT2D eigenvalue weighted by Crippen LogP contribution is -2.38. The molecule has 2 N–H and O–H groups in total. The van der Waals surface area contributed by atoms with Crippen LogP contribution in [0.15, 0.2) is 18.2 Å². The molecule has 6 heteroatoms. The van der Waals surface area contributed by atoms with Crippen LogP contribution in [0, 0.1) is 15.5 Å². The summed E-state index contributed by atoms with van der Waals surface area (Å²) in [5, 5.41) is 10.9. The summed E-state index contributed by atoms with van der Waals surface area (Å²) in [5.74, 6) is 0.671. The van der Waals surface area contributed by atoms with E-state index in [9.17, 15) is 10.1 Å². The van der Waals surface area contributed by atoms with Gasteiger partial charge >= 0.3 is 0 Å². The van der Waals surface area contributed by atoms with Crippen molar-refractivity contribution in [1.29, 1.82) is 0 Å². The number of benzene rings is 1. The van der Waals surface area contributed by atoms with Gasteiger partial charge in [-0.15, -0.1) is 0 Å². The zero-order valence-corrected chi connectivity index (χ0v) is 13.3. The first-order valence-electron chi connectivity index (χ1n) is 7.06. The van der Waals surface area contributed by atoms with E-state index in [-0.39, 0.29) is 16.0 Å². The van der Waals surface area contributed by atoms with Gasteiger partial charge in [-0.1, -0.05) is 20.8 Å². The third-order valence-corrected chi connectivity index (χ3v) is 3.52. The minimum absolute atomic E-state index is 0.00393. The number of nitrogens with zero attached hydrogens (tertiary/aromatic N) is 2. The molecule has 0 bridgehead atoms. The van der Waals surface area contributed by atoms with Crippen molar-refractivity contribution in [2.45, 2.75) is 27.3 Å². The molecular weight excluding hydrogens is 270 g/mol. The Balaban J connectivity index is 2.97. The number of hydrogen-bond donors (Lipinski definition) is 1. The minimum atomic E-state index is -0.386. The van der Waals surface area contributed by atoms with Crippen molar-refractivity contribution in [3.63, 3.8) is 0 Å². The maximum Gasteiger partial charge on any atom is 0.270 e.